The van der Waals surface area contributed by atoms with E-state index < -0.39 is 0 Å². The van der Waals surface area contributed by atoms with Crippen LogP contribution in [0.5, 0.6) is 0 Å². The van der Waals surface area contributed by atoms with Crippen LogP contribution in [0.4, 0.5) is 0 Å². The molecule has 0 fully saturated rings. The summed E-state index contributed by atoms with van der Waals surface area (Å²) in [5.74, 6) is 0. The standard InChI is InChI=1S/C13H30N2/c1-4-7-9-12-15(14-11-6-3)13-10-8-5-2/h14H,4-13H2,1-3H3. The SMILES string of the molecule is CCCCCN(CCCCC)NCCC. The van der Waals surface area contributed by atoms with Crippen LogP contribution < -0.4 is 5.43 Å². The lowest BCUT2D eigenvalue weighted by atomic mass is 10.2. The Labute approximate surface area is 96.4 Å². The van der Waals surface area contributed by atoms with E-state index in [9.17, 15) is 0 Å². The van der Waals surface area contributed by atoms with Crippen molar-refractivity contribution >= 4 is 0 Å². The molecule has 0 saturated carbocycles. The molecule has 0 unspecified atom stereocenters. The maximum Gasteiger partial charge on any atom is 0.0130 e. The Hall–Kier alpha value is -0.0800. The van der Waals surface area contributed by atoms with E-state index >= 15 is 0 Å². The molecule has 0 heterocycles. The van der Waals surface area contributed by atoms with Gasteiger partial charge in [0.25, 0.3) is 0 Å². The van der Waals surface area contributed by atoms with Gasteiger partial charge in [0, 0.05) is 19.6 Å². The van der Waals surface area contributed by atoms with Gasteiger partial charge in [-0.1, -0.05) is 46.5 Å². The molecule has 0 radical (unpaired) electrons. The molecular formula is C13H30N2. The minimum Gasteiger partial charge on any atom is -0.255 e. The van der Waals surface area contributed by atoms with Gasteiger partial charge in [0.1, 0.15) is 0 Å². The van der Waals surface area contributed by atoms with E-state index in [4.69, 9.17) is 0 Å². The van der Waals surface area contributed by atoms with Crippen molar-refractivity contribution in [1.82, 2.24) is 10.4 Å². The minimum atomic E-state index is 1.12. The Balaban J connectivity index is 3.53. The van der Waals surface area contributed by atoms with Crippen molar-refractivity contribution < 1.29 is 0 Å². The molecule has 0 atom stereocenters. The van der Waals surface area contributed by atoms with Crippen LogP contribution in [0.3, 0.4) is 0 Å². The quantitative estimate of drug-likeness (QED) is 0.418. The molecule has 0 bridgehead atoms. The monoisotopic (exact) mass is 214 g/mol. The first-order valence-corrected chi connectivity index (χ1v) is 6.83. The lowest BCUT2D eigenvalue weighted by molar-refractivity contribution is 0.180. The Morgan fingerprint density at radius 2 is 1.27 bits per heavy atom. The van der Waals surface area contributed by atoms with Gasteiger partial charge in [-0.15, -0.1) is 0 Å². The number of hydrogen-bond donors (Lipinski definition) is 1. The van der Waals surface area contributed by atoms with Gasteiger partial charge in [-0.2, -0.15) is 0 Å². The molecule has 1 N–H and O–H groups in total. The predicted molar refractivity (Wildman–Crippen MR) is 68.9 cm³/mol. The fourth-order valence-electron chi connectivity index (χ4n) is 1.65. The molecule has 0 aromatic heterocycles. The fraction of sp³-hybridized carbons (Fsp3) is 1.00. The second-order valence-electron chi connectivity index (χ2n) is 4.31. The third-order valence-electron chi connectivity index (χ3n) is 2.65. The van der Waals surface area contributed by atoms with Crippen molar-refractivity contribution in [3.63, 3.8) is 0 Å². The van der Waals surface area contributed by atoms with Gasteiger partial charge in [0.15, 0.2) is 0 Å². The molecule has 92 valence electrons. The van der Waals surface area contributed by atoms with Gasteiger partial charge in [-0.3, -0.25) is 5.43 Å². The molecule has 0 aliphatic heterocycles. The molecule has 0 aliphatic rings. The highest BCUT2D eigenvalue weighted by Crippen LogP contribution is 2.00. The number of nitrogens with one attached hydrogen (secondary N) is 1. The zero-order chi connectivity index (χ0) is 11.4. The Morgan fingerprint density at radius 1 is 0.733 bits per heavy atom. The summed E-state index contributed by atoms with van der Waals surface area (Å²) in [7, 11) is 0. The summed E-state index contributed by atoms with van der Waals surface area (Å²) in [6.07, 6.45) is 9.24. The first-order valence-electron chi connectivity index (χ1n) is 6.83. The van der Waals surface area contributed by atoms with E-state index in [0.29, 0.717) is 0 Å². The summed E-state index contributed by atoms with van der Waals surface area (Å²) in [5.41, 5.74) is 3.52. The number of hydrogen-bond acceptors (Lipinski definition) is 2. The summed E-state index contributed by atoms with van der Waals surface area (Å²) in [5, 5.41) is 2.43. The minimum absolute atomic E-state index is 1.12. The maximum atomic E-state index is 3.52. The van der Waals surface area contributed by atoms with E-state index in [-0.39, 0.29) is 0 Å². The van der Waals surface area contributed by atoms with Crippen LogP contribution in [-0.2, 0) is 0 Å². The van der Waals surface area contributed by atoms with Crippen LogP contribution in [0.15, 0.2) is 0 Å². The van der Waals surface area contributed by atoms with Gasteiger partial charge in [-0.05, 0) is 19.3 Å². The summed E-state index contributed by atoms with van der Waals surface area (Å²) < 4.78 is 0. The molecule has 0 aromatic carbocycles. The average molecular weight is 214 g/mol. The first-order chi connectivity index (χ1) is 7.35. The first kappa shape index (κ1) is 14.9. The molecule has 0 aliphatic carbocycles. The van der Waals surface area contributed by atoms with Gasteiger partial charge >= 0.3 is 0 Å². The van der Waals surface area contributed by atoms with E-state index in [1.54, 1.807) is 0 Å². The third kappa shape index (κ3) is 10.2. The molecule has 0 amide bonds. The van der Waals surface area contributed by atoms with Crippen molar-refractivity contribution in [2.24, 2.45) is 0 Å². The Bertz CT molecular complexity index is 105. The molecule has 0 aromatic rings. The van der Waals surface area contributed by atoms with E-state index in [0.717, 1.165) is 6.54 Å². The summed E-state index contributed by atoms with van der Waals surface area (Å²) >= 11 is 0. The van der Waals surface area contributed by atoms with Crippen LogP contribution in [0.2, 0.25) is 0 Å². The third-order valence-corrected chi connectivity index (χ3v) is 2.65. The van der Waals surface area contributed by atoms with Crippen molar-refractivity contribution in [3.8, 4) is 0 Å². The smallest absolute Gasteiger partial charge is 0.0130 e. The van der Waals surface area contributed by atoms with Gasteiger partial charge in [0.2, 0.25) is 0 Å². The number of hydrazine groups is 1. The molecule has 2 nitrogen and oxygen atoms in total. The van der Waals surface area contributed by atoms with E-state index in [1.165, 1.54) is 58.0 Å². The van der Waals surface area contributed by atoms with Crippen molar-refractivity contribution in [1.29, 1.82) is 0 Å². The van der Waals surface area contributed by atoms with Crippen LogP contribution in [-0.4, -0.2) is 24.6 Å². The number of nitrogens with zero attached hydrogens (tertiary/aromatic N) is 1. The number of unbranched alkanes of at least 4 members (excludes halogenated alkanes) is 4. The molecule has 0 saturated heterocycles. The topological polar surface area (TPSA) is 15.3 Å². The van der Waals surface area contributed by atoms with Crippen LogP contribution in [0.25, 0.3) is 0 Å². The van der Waals surface area contributed by atoms with Gasteiger partial charge < -0.3 is 0 Å². The molecular weight excluding hydrogens is 184 g/mol. The highest BCUT2D eigenvalue weighted by atomic mass is 15.5. The molecule has 2 heteroatoms. The van der Waals surface area contributed by atoms with Gasteiger partial charge in [0.05, 0.1) is 0 Å². The largest absolute Gasteiger partial charge is 0.255 e. The second kappa shape index (κ2) is 12.0. The lowest BCUT2D eigenvalue weighted by Crippen LogP contribution is -2.39. The zero-order valence-corrected chi connectivity index (χ0v) is 11.0. The number of rotatable bonds is 11. The predicted octanol–water partition coefficient (Wildman–Crippen LogP) is 3.58. The van der Waals surface area contributed by atoms with Crippen molar-refractivity contribution in [2.75, 3.05) is 19.6 Å². The van der Waals surface area contributed by atoms with Crippen molar-refractivity contribution in [3.05, 3.63) is 0 Å². The highest BCUT2D eigenvalue weighted by molar-refractivity contribution is 4.54. The van der Waals surface area contributed by atoms with Crippen LogP contribution in [0, 0.1) is 0 Å². The van der Waals surface area contributed by atoms with Crippen LogP contribution >= 0.6 is 0 Å². The molecule has 0 spiro atoms. The Morgan fingerprint density at radius 3 is 1.67 bits per heavy atom. The second-order valence-corrected chi connectivity index (χ2v) is 4.31. The molecule has 15 heavy (non-hydrogen) atoms. The Kier molecular flexibility index (Phi) is 11.9. The summed E-state index contributed by atoms with van der Waals surface area (Å²) in [6.45, 7) is 10.3. The average Bonchev–Trinajstić information content (AvgIpc) is 2.25. The fourth-order valence-corrected chi connectivity index (χ4v) is 1.65. The van der Waals surface area contributed by atoms with E-state index in [1.807, 2.05) is 0 Å². The van der Waals surface area contributed by atoms with Crippen molar-refractivity contribution in [2.45, 2.75) is 65.7 Å². The molecule has 0 rings (SSSR count). The summed E-state index contributed by atoms with van der Waals surface area (Å²) in [6, 6.07) is 0. The maximum absolute atomic E-state index is 3.52. The van der Waals surface area contributed by atoms with Gasteiger partial charge in [-0.25, -0.2) is 5.01 Å². The zero-order valence-electron chi connectivity index (χ0n) is 11.0. The highest BCUT2D eigenvalue weighted by Gasteiger charge is 2.02. The van der Waals surface area contributed by atoms with E-state index in [2.05, 4.69) is 31.2 Å². The van der Waals surface area contributed by atoms with Crippen LogP contribution in [0.1, 0.15) is 65.7 Å². The normalized spacial score (nSPS) is 11.2. The summed E-state index contributed by atoms with van der Waals surface area (Å²) in [4.78, 5) is 0. The lowest BCUT2D eigenvalue weighted by Gasteiger charge is -2.23.